The van der Waals surface area contributed by atoms with Crippen LogP contribution in [0.4, 0.5) is 11.4 Å². The number of amides is 2. The lowest BCUT2D eigenvalue weighted by atomic mass is 9.81. The average Bonchev–Trinajstić information content (AvgIpc) is 2.43. The third-order valence-electron chi connectivity index (χ3n) is 3.69. The first-order valence-electron chi connectivity index (χ1n) is 6.86. The van der Waals surface area contributed by atoms with Crippen molar-refractivity contribution < 1.29 is 9.59 Å². The van der Waals surface area contributed by atoms with E-state index in [4.69, 9.17) is 5.73 Å². The number of nitrogens with two attached hydrogens (primary N) is 1. The fraction of sp³-hybridized carbons (Fsp3) is 0.467. The largest absolute Gasteiger partial charge is 0.329 e. The second-order valence-electron chi connectivity index (χ2n) is 4.90. The van der Waals surface area contributed by atoms with Gasteiger partial charge in [-0.05, 0) is 37.1 Å². The van der Waals surface area contributed by atoms with E-state index in [1.165, 1.54) is 6.92 Å². The van der Waals surface area contributed by atoms with E-state index in [1.54, 1.807) is 24.3 Å². The number of hydrogen-bond donors (Lipinski definition) is 3. The molecule has 2 amide bonds. The van der Waals surface area contributed by atoms with E-state index in [-0.39, 0.29) is 24.2 Å². The van der Waals surface area contributed by atoms with Gasteiger partial charge in [-0.2, -0.15) is 0 Å². The van der Waals surface area contributed by atoms with Crippen molar-refractivity contribution in [1.29, 1.82) is 0 Å². The van der Waals surface area contributed by atoms with Gasteiger partial charge in [0.05, 0.1) is 5.41 Å². The number of anilines is 2. The number of rotatable bonds is 6. The van der Waals surface area contributed by atoms with E-state index in [0.29, 0.717) is 30.8 Å². The number of halogens is 1. The Hall–Kier alpha value is -1.59. The molecular weight excluding hydrogens is 290 g/mol. The lowest BCUT2D eigenvalue weighted by Gasteiger charge is -2.28. The van der Waals surface area contributed by atoms with E-state index in [0.717, 1.165) is 0 Å². The Morgan fingerprint density at radius 2 is 1.48 bits per heavy atom. The molecule has 0 saturated carbocycles. The normalized spacial score (nSPS) is 10.5. The summed E-state index contributed by atoms with van der Waals surface area (Å²) >= 11 is 0. The third-order valence-corrected chi connectivity index (χ3v) is 3.69. The van der Waals surface area contributed by atoms with Gasteiger partial charge < -0.3 is 16.4 Å². The molecule has 0 radical (unpaired) electrons. The van der Waals surface area contributed by atoms with Crippen LogP contribution >= 0.6 is 12.4 Å². The molecule has 0 heterocycles. The maximum Gasteiger partial charge on any atom is 0.231 e. The van der Waals surface area contributed by atoms with Crippen LogP contribution < -0.4 is 16.4 Å². The number of nitrogens with one attached hydrogen (secondary N) is 2. The second kappa shape index (κ2) is 8.64. The zero-order valence-corrected chi connectivity index (χ0v) is 13.5. The maximum atomic E-state index is 12.3. The van der Waals surface area contributed by atoms with Crippen molar-refractivity contribution in [3.05, 3.63) is 24.3 Å². The molecule has 118 valence electrons. The summed E-state index contributed by atoms with van der Waals surface area (Å²) < 4.78 is 0. The maximum absolute atomic E-state index is 12.3. The smallest absolute Gasteiger partial charge is 0.231 e. The van der Waals surface area contributed by atoms with E-state index < -0.39 is 5.41 Å². The quantitative estimate of drug-likeness (QED) is 0.755. The number of benzene rings is 1. The van der Waals surface area contributed by atoms with Gasteiger partial charge in [0.25, 0.3) is 0 Å². The fourth-order valence-electron chi connectivity index (χ4n) is 2.06. The summed E-state index contributed by atoms with van der Waals surface area (Å²) in [6.07, 6.45) is 1.41. The Kier molecular flexibility index (Phi) is 7.99. The molecule has 0 aliphatic heterocycles. The van der Waals surface area contributed by atoms with Gasteiger partial charge in [-0.25, -0.2) is 0 Å². The van der Waals surface area contributed by atoms with Crippen LogP contribution in [0.25, 0.3) is 0 Å². The Balaban J connectivity index is 0.00000400. The zero-order chi connectivity index (χ0) is 15.2. The summed E-state index contributed by atoms with van der Waals surface area (Å²) in [5.41, 5.74) is 6.63. The summed E-state index contributed by atoms with van der Waals surface area (Å²) in [6.45, 7) is 5.72. The van der Waals surface area contributed by atoms with Crippen LogP contribution in [0.15, 0.2) is 24.3 Å². The van der Waals surface area contributed by atoms with Crippen LogP contribution in [0.1, 0.15) is 33.6 Å². The molecule has 0 saturated heterocycles. The number of carbonyl (C=O) groups excluding carboxylic acids is 2. The lowest BCUT2D eigenvalue weighted by Crippen LogP contribution is -2.41. The highest BCUT2D eigenvalue weighted by molar-refractivity contribution is 5.96. The monoisotopic (exact) mass is 313 g/mol. The minimum atomic E-state index is -0.518. The van der Waals surface area contributed by atoms with Crippen LogP contribution in [0.2, 0.25) is 0 Å². The highest BCUT2D eigenvalue weighted by atomic mass is 35.5. The summed E-state index contributed by atoms with van der Waals surface area (Å²) in [6, 6.07) is 7.02. The topological polar surface area (TPSA) is 84.2 Å². The Morgan fingerprint density at radius 3 is 1.81 bits per heavy atom. The highest BCUT2D eigenvalue weighted by Gasteiger charge is 2.33. The molecule has 1 aromatic carbocycles. The minimum Gasteiger partial charge on any atom is -0.329 e. The molecule has 0 aromatic heterocycles. The molecule has 6 heteroatoms. The van der Waals surface area contributed by atoms with Gasteiger partial charge in [-0.3, -0.25) is 9.59 Å². The van der Waals surface area contributed by atoms with Crippen LogP contribution in [-0.2, 0) is 9.59 Å². The van der Waals surface area contributed by atoms with Crippen molar-refractivity contribution in [3.8, 4) is 0 Å². The lowest BCUT2D eigenvalue weighted by molar-refractivity contribution is -0.125. The van der Waals surface area contributed by atoms with Crippen molar-refractivity contribution in [2.75, 3.05) is 17.2 Å². The molecule has 21 heavy (non-hydrogen) atoms. The molecular formula is C15H24ClN3O2. The van der Waals surface area contributed by atoms with Gasteiger partial charge in [-0.15, -0.1) is 12.4 Å². The first-order valence-corrected chi connectivity index (χ1v) is 6.86. The SMILES string of the molecule is CCC(CC)(CN)C(=O)Nc1ccc(NC(C)=O)cc1.Cl. The summed E-state index contributed by atoms with van der Waals surface area (Å²) in [5, 5.41) is 5.56. The van der Waals surface area contributed by atoms with E-state index in [1.807, 2.05) is 13.8 Å². The predicted octanol–water partition coefficient (Wildman–Crippen LogP) is 2.77. The van der Waals surface area contributed by atoms with Crippen LogP contribution in [0.3, 0.4) is 0 Å². The molecule has 1 rings (SSSR count). The molecule has 0 bridgehead atoms. The van der Waals surface area contributed by atoms with Gasteiger partial charge in [-0.1, -0.05) is 13.8 Å². The fourth-order valence-corrected chi connectivity index (χ4v) is 2.06. The summed E-state index contributed by atoms with van der Waals surface area (Å²) in [4.78, 5) is 23.3. The van der Waals surface area contributed by atoms with Crippen molar-refractivity contribution in [2.45, 2.75) is 33.6 Å². The first kappa shape index (κ1) is 19.4. The van der Waals surface area contributed by atoms with Crippen LogP contribution in [-0.4, -0.2) is 18.4 Å². The highest BCUT2D eigenvalue weighted by Crippen LogP contribution is 2.27. The van der Waals surface area contributed by atoms with Gasteiger partial charge in [0.1, 0.15) is 0 Å². The molecule has 0 aliphatic carbocycles. The van der Waals surface area contributed by atoms with Crippen LogP contribution in [0.5, 0.6) is 0 Å². The van der Waals surface area contributed by atoms with Crippen molar-refractivity contribution in [2.24, 2.45) is 11.1 Å². The predicted molar refractivity (Wildman–Crippen MR) is 88.7 cm³/mol. The van der Waals surface area contributed by atoms with Crippen molar-refractivity contribution in [1.82, 2.24) is 0 Å². The van der Waals surface area contributed by atoms with Gasteiger partial charge in [0, 0.05) is 24.8 Å². The standard InChI is InChI=1S/C15H23N3O2.ClH/c1-4-15(5-2,10-16)14(20)18-13-8-6-12(7-9-13)17-11(3)19;/h6-9H,4-5,10,16H2,1-3H3,(H,17,19)(H,18,20);1H. The van der Waals surface area contributed by atoms with E-state index in [2.05, 4.69) is 10.6 Å². The molecule has 0 fully saturated rings. The van der Waals surface area contributed by atoms with Gasteiger partial charge in [0.15, 0.2) is 0 Å². The van der Waals surface area contributed by atoms with Crippen molar-refractivity contribution in [3.63, 3.8) is 0 Å². The van der Waals surface area contributed by atoms with E-state index >= 15 is 0 Å². The second-order valence-corrected chi connectivity index (χ2v) is 4.90. The van der Waals surface area contributed by atoms with E-state index in [9.17, 15) is 9.59 Å². The third kappa shape index (κ3) is 5.02. The molecule has 0 unspecified atom stereocenters. The number of hydrogen-bond acceptors (Lipinski definition) is 3. The number of carbonyl (C=O) groups is 2. The average molecular weight is 314 g/mol. The zero-order valence-electron chi connectivity index (χ0n) is 12.7. The summed E-state index contributed by atoms with van der Waals surface area (Å²) in [7, 11) is 0. The molecule has 4 N–H and O–H groups in total. The Bertz CT molecular complexity index is 462. The molecule has 0 spiro atoms. The summed E-state index contributed by atoms with van der Waals surface area (Å²) in [5.74, 6) is -0.182. The molecule has 1 aromatic rings. The minimum absolute atomic E-state index is 0. The van der Waals surface area contributed by atoms with Gasteiger partial charge in [0.2, 0.25) is 11.8 Å². The molecule has 5 nitrogen and oxygen atoms in total. The Morgan fingerprint density at radius 1 is 1.05 bits per heavy atom. The first-order chi connectivity index (χ1) is 9.47. The van der Waals surface area contributed by atoms with Crippen LogP contribution in [0, 0.1) is 5.41 Å². The Labute approximate surface area is 132 Å². The van der Waals surface area contributed by atoms with Gasteiger partial charge >= 0.3 is 0 Å². The molecule has 0 atom stereocenters. The molecule has 0 aliphatic rings. The van der Waals surface area contributed by atoms with Crippen molar-refractivity contribution >= 4 is 35.6 Å².